The number of aryl methyl sites for hydroxylation is 1. The Balaban J connectivity index is 2.08. The second kappa shape index (κ2) is 5.62. The fraction of sp³-hybridized carbons (Fsp3) is 0.222. The minimum absolute atomic E-state index is 0.0540. The first-order valence-corrected chi connectivity index (χ1v) is 7.04. The predicted molar refractivity (Wildman–Crippen MR) is 84.7 cm³/mol. The summed E-state index contributed by atoms with van der Waals surface area (Å²) in [5, 5.41) is 10.6. The molecule has 1 N–H and O–H groups in total. The van der Waals surface area contributed by atoms with Crippen LogP contribution in [0.25, 0.3) is 10.9 Å². The molecule has 0 fully saturated rings. The van der Waals surface area contributed by atoms with Crippen molar-refractivity contribution in [1.82, 2.24) is 4.57 Å². The molecule has 3 aromatic rings. The number of nitrogens with zero attached hydrogens (tertiary/aromatic N) is 1. The van der Waals surface area contributed by atoms with Crippen LogP contribution in [-0.4, -0.2) is 16.8 Å². The zero-order chi connectivity index (χ0) is 14.8. The molecule has 0 radical (unpaired) electrons. The highest BCUT2D eigenvalue weighted by Gasteiger charge is 2.10. The maximum Gasteiger partial charge on any atom is 0.123 e. The first-order valence-electron chi connectivity index (χ1n) is 7.04. The number of hydrogen-bond donors (Lipinski definition) is 1. The number of aliphatic hydroxyl groups is 1. The van der Waals surface area contributed by atoms with E-state index in [-0.39, 0.29) is 6.61 Å². The van der Waals surface area contributed by atoms with E-state index >= 15 is 0 Å². The molecule has 0 saturated carbocycles. The van der Waals surface area contributed by atoms with Gasteiger partial charge >= 0.3 is 0 Å². The average Bonchev–Trinajstić information content (AvgIpc) is 2.86. The number of aliphatic hydroxyl groups excluding tert-OH is 1. The van der Waals surface area contributed by atoms with E-state index in [1.807, 2.05) is 30.5 Å². The first-order chi connectivity index (χ1) is 10.2. The summed E-state index contributed by atoms with van der Waals surface area (Å²) in [7, 11) is 1.70. The third-order valence-corrected chi connectivity index (χ3v) is 3.82. The van der Waals surface area contributed by atoms with E-state index < -0.39 is 0 Å². The number of ether oxygens (including phenoxy) is 1. The number of benzene rings is 2. The minimum atomic E-state index is 0.0540. The third-order valence-electron chi connectivity index (χ3n) is 3.82. The Morgan fingerprint density at radius 2 is 1.90 bits per heavy atom. The summed E-state index contributed by atoms with van der Waals surface area (Å²) < 4.78 is 7.62. The second-order valence-corrected chi connectivity index (χ2v) is 5.27. The third kappa shape index (κ3) is 2.52. The van der Waals surface area contributed by atoms with E-state index in [0.717, 1.165) is 34.3 Å². The molecule has 1 aromatic heterocycles. The summed E-state index contributed by atoms with van der Waals surface area (Å²) >= 11 is 0. The summed E-state index contributed by atoms with van der Waals surface area (Å²) in [6.45, 7) is 2.86. The van der Waals surface area contributed by atoms with Crippen LogP contribution in [0, 0.1) is 6.92 Å². The van der Waals surface area contributed by atoms with Crippen molar-refractivity contribution >= 4 is 10.9 Å². The van der Waals surface area contributed by atoms with E-state index in [0.29, 0.717) is 0 Å². The van der Waals surface area contributed by atoms with Crippen molar-refractivity contribution in [2.75, 3.05) is 7.11 Å². The molecule has 108 valence electrons. The summed E-state index contributed by atoms with van der Waals surface area (Å²) in [6, 6.07) is 14.3. The molecule has 0 amide bonds. The quantitative estimate of drug-likeness (QED) is 0.794. The van der Waals surface area contributed by atoms with Crippen molar-refractivity contribution in [1.29, 1.82) is 0 Å². The van der Waals surface area contributed by atoms with E-state index in [1.54, 1.807) is 7.11 Å². The number of fused-ring (bicyclic) bond motifs is 1. The van der Waals surface area contributed by atoms with Crippen molar-refractivity contribution in [2.24, 2.45) is 0 Å². The summed E-state index contributed by atoms with van der Waals surface area (Å²) in [5.41, 5.74) is 4.44. The Morgan fingerprint density at radius 3 is 2.67 bits per heavy atom. The number of methoxy groups -OCH3 is 1. The minimum Gasteiger partial charge on any atom is -0.496 e. The predicted octanol–water partition coefficient (Wildman–Crippen LogP) is 3.50. The molecule has 3 heteroatoms. The molecule has 0 aliphatic heterocycles. The van der Waals surface area contributed by atoms with Gasteiger partial charge in [-0.1, -0.05) is 35.9 Å². The molecule has 21 heavy (non-hydrogen) atoms. The number of hydrogen-bond acceptors (Lipinski definition) is 2. The monoisotopic (exact) mass is 281 g/mol. The molecule has 3 nitrogen and oxygen atoms in total. The standard InChI is InChI=1S/C18H19NO2/c1-13-7-8-18(21-2)14(9-13)10-19-11-15(12-20)16-5-3-4-6-17(16)19/h3-9,11,20H,10,12H2,1-2H3. The Bertz CT molecular complexity index is 774. The Hall–Kier alpha value is -2.26. The SMILES string of the molecule is COc1ccc(C)cc1Cn1cc(CO)c2ccccc21. The van der Waals surface area contributed by atoms with Gasteiger partial charge in [0.05, 0.1) is 20.3 Å². The van der Waals surface area contributed by atoms with Crippen LogP contribution in [0.15, 0.2) is 48.7 Å². The lowest BCUT2D eigenvalue weighted by molar-refractivity contribution is 0.283. The number of aromatic nitrogens is 1. The van der Waals surface area contributed by atoms with Crippen LogP contribution in [0.3, 0.4) is 0 Å². The molecular formula is C18H19NO2. The highest BCUT2D eigenvalue weighted by Crippen LogP contribution is 2.26. The fourth-order valence-electron chi connectivity index (χ4n) is 2.79. The van der Waals surface area contributed by atoms with Crippen LogP contribution in [-0.2, 0) is 13.2 Å². The first kappa shape index (κ1) is 13.7. The van der Waals surface area contributed by atoms with Gasteiger partial charge in [-0.15, -0.1) is 0 Å². The van der Waals surface area contributed by atoms with Gasteiger partial charge in [-0.05, 0) is 19.1 Å². The van der Waals surface area contributed by atoms with Gasteiger partial charge in [0, 0.05) is 28.2 Å². The summed E-state index contributed by atoms with van der Waals surface area (Å²) in [6.07, 6.45) is 2.02. The van der Waals surface area contributed by atoms with E-state index in [4.69, 9.17) is 4.74 Å². The molecule has 0 unspecified atom stereocenters. The summed E-state index contributed by atoms with van der Waals surface area (Å²) in [4.78, 5) is 0. The summed E-state index contributed by atoms with van der Waals surface area (Å²) in [5.74, 6) is 0.893. The molecule has 0 spiro atoms. The van der Waals surface area contributed by atoms with Crippen molar-refractivity contribution in [3.05, 3.63) is 65.4 Å². The van der Waals surface area contributed by atoms with Gasteiger partial charge in [-0.2, -0.15) is 0 Å². The number of para-hydroxylation sites is 1. The largest absolute Gasteiger partial charge is 0.496 e. The van der Waals surface area contributed by atoms with Gasteiger partial charge in [0.25, 0.3) is 0 Å². The van der Waals surface area contributed by atoms with Crippen LogP contribution >= 0.6 is 0 Å². The van der Waals surface area contributed by atoms with Crippen molar-refractivity contribution in [3.8, 4) is 5.75 Å². The highest BCUT2D eigenvalue weighted by molar-refractivity contribution is 5.84. The highest BCUT2D eigenvalue weighted by atomic mass is 16.5. The van der Waals surface area contributed by atoms with Crippen molar-refractivity contribution in [3.63, 3.8) is 0 Å². The van der Waals surface area contributed by atoms with Gasteiger partial charge in [-0.25, -0.2) is 0 Å². The normalized spacial score (nSPS) is 11.0. The average molecular weight is 281 g/mol. The molecule has 0 atom stereocenters. The maximum atomic E-state index is 9.52. The second-order valence-electron chi connectivity index (χ2n) is 5.27. The van der Waals surface area contributed by atoms with Gasteiger partial charge in [-0.3, -0.25) is 0 Å². The molecule has 0 aliphatic rings. The van der Waals surface area contributed by atoms with E-state index in [1.165, 1.54) is 5.56 Å². The lowest BCUT2D eigenvalue weighted by Gasteiger charge is -2.11. The molecule has 0 bridgehead atoms. The van der Waals surface area contributed by atoms with Crippen LogP contribution < -0.4 is 4.74 Å². The lowest BCUT2D eigenvalue weighted by atomic mass is 10.1. The Labute approximate surface area is 124 Å². The smallest absolute Gasteiger partial charge is 0.123 e. The van der Waals surface area contributed by atoms with Gasteiger partial charge in [0.1, 0.15) is 5.75 Å². The molecular weight excluding hydrogens is 262 g/mol. The van der Waals surface area contributed by atoms with Gasteiger partial charge < -0.3 is 14.4 Å². The molecule has 1 heterocycles. The van der Waals surface area contributed by atoms with Crippen LogP contribution in [0.1, 0.15) is 16.7 Å². The molecule has 3 rings (SSSR count). The van der Waals surface area contributed by atoms with Gasteiger partial charge in [0.2, 0.25) is 0 Å². The Kier molecular flexibility index (Phi) is 3.67. The van der Waals surface area contributed by atoms with Crippen LogP contribution in [0.5, 0.6) is 5.75 Å². The topological polar surface area (TPSA) is 34.4 Å². The fourth-order valence-corrected chi connectivity index (χ4v) is 2.79. The zero-order valence-corrected chi connectivity index (χ0v) is 12.3. The maximum absolute atomic E-state index is 9.52. The Morgan fingerprint density at radius 1 is 1.10 bits per heavy atom. The van der Waals surface area contributed by atoms with Crippen molar-refractivity contribution < 1.29 is 9.84 Å². The molecule has 2 aromatic carbocycles. The van der Waals surface area contributed by atoms with E-state index in [9.17, 15) is 5.11 Å². The van der Waals surface area contributed by atoms with E-state index in [2.05, 4.69) is 29.7 Å². The molecule has 0 aliphatic carbocycles. The van der Waals surface area contributed by atoms with Gasteiger partial charge in [0.15, 0.2) is 0 Å². The number of rotatable bonds is 4. The lowest BCUT2D eigenvalue weighted by Crippen LogP contribution is -2.01. The van der Waals surface area contributed by atoms with Crippen molar-refractivity contribution in [2.45, 2.75) is 20.1 Å². The molecule has 0 saturated heterocycles. The zero-order valence-electron chi connectivity index (χ0n) is 12.3. The van der Waals surface area contributed by atoms with Crippen LogP contribution in [0.2, 0.25) is 0 Å². The van der Waals surface area contributed by atoms with Crippen LogP contribution in [0.4, 0.5) is 0 Å².